The second-order valence-electron chi connectivity index (χ2n) is 6.36. The van der Waals surface area contributed by atoms with Crippen molar-refractivity contribution in [3.63, 3.8) is 0 Å². The predicted molar refractivity (Wildman–Crippen MR) is 98.0 cm³/mol. The monoisotopic (exact) mass is 417 g/mol. The van der Waals surface area contributed by atoms with Crippen LogP contribution in [0.3, 0.4) is 0 Å². The number of carbonyl (C=O) groups excluding carboxylic acids is 4. The lowest BCUT2D eigenvalue weighted by Gasteiger charge is -2.25. The maximum absolute atomic E-state index is 12.5. The van der Waals surface area contributed by atoms with Gasteiger partial charge in [0.2, 0.25) is 23.6 Å². The van der Waals surface area contributed by atoms with Gasteiger partial charge in [0.25, 0.3) is 0 Å². The minimum atomic E-state index is -1.57. The fraction of sp³-hybridized carbons (Fsp3) is 0.625. The fourth-order valence-corrected chi connectivity index (χ4v) is 2.26. The minimum absolute atomic E-state index is 0.426. The number of hydrogen-bond donors (Lipinski definition) is 7. The number of hydrogen-bond acceptors (Lipinski definition) is 7. The average Bonchev–Trinajstić information content (AvgIpc) is 2.62. The van der Waals surface area contributed by atoms with Gasteiger partial charge >= 0.3 is 11.9 Å². The number of nitrogens with two attached hydrogens (primary N) is 2. The normalized spacial score (nSPS) is 14.6. The molecule has 0 aliphatic rings. The van der Waals surface area contributed by atoms with Gasteiger partial charge in [-0.15, -0.1) is 0 Å². The number of nitrogens with one attached hydrogen (secondary N) is 3. The van der Waals surface area contributed by atoms with Crippen LogP contribution in [0.4, 0.5) is 0 Å². The number of aliphatic carboxylic acids is 2. The summed E-state index contributed by atoms with van der Waals surface area (Å²) < 4.78 is 0. The smallest absolute Gasteiger partial charge is 0.326 e. The SMILES string of the molecule is CCC(C)C(NC(=O)C(CC(N)=O)NC(=O)C(CC(=O)O)NC(=O)CN)C(=O)O. The Labute approximate surface area is 166 Å². The Morgan fingerprint density at radius 3 is 1.83 bits per heavy atom. The third-order valence-corrected chi connectivity index (χ3v) is 4.03. The molecule has 9 N–H and O–H groups in total. The van der Waals surface area contributed by atoms with Crippen molar-refractivity contribution in [3.8, 4) is 0 Å². The van der Waals surface area contributed by atoms with Crippen molar-refractivity contribution in [1.82, 2.24) is 16.0 Å². The van der Waals surface area contributed by atoms with Crippen LogP contribution in [0.2, 0.25) is 0 Å². The van der Waals surface area contributed by atoms with Crippen LogP contribution in [0.1, 0.15) is 33.1 Å². The highest BCUT2D eigenvalue weighted by Crippen LogP contribution is 2.09. The van der Waals surface area contributed by atoms with Gasteiger partial charge in [-0.2, -0.15) is 0 Å². The zero-order valence-electron chi connectivity index (χ0n) is 16.1. The Bertz CT molecular complexity index is 653. The summed E-state index contributed by atoms with van der Waals surface area (Å²) in [5.74, 6) is -7.04. The molecular weight excluding hydrogens is 390 g/mol. The topological polar surface area (TPSA) is 231 Å². The molecule has 0 heterocycles. The standard InChI is InChI=1S/C16H27N5O8/c1-3-7(2)13(16(28)29)21-15(27)8(4-10(18)22)20-14(26)9(5-12(24)25)19-11(23)6-17/h7-9,13H,3-6,17H2,1-2H3,(H2,18,22)(H,19,23)(H,20,26)(H,21,27)(H,24,25)(H,28,29). The lowest BCUT2D eigenvalue weighted by Crippen LogP contribution is -2.58. The molecule has 0 rings (SSSR count). The van der Waals surface area contributed by atoms with E-state index in [1.54, 1.807) is 13.8 Å². The highest BCUT2D eigenvalue weighted by atomic mass is 16.4. The van der Waals surface area contributed by atoms with Crippen LogP contribution in [0.5, 0.6) is 0 Å². The van der Waals surface area contributed by atoms with E-state index in [0.29, 0.717) is 6.42 Å². The van der Waals surface area contributed by atoms with E-state index < -0.39 is 79.0 Å². The van der Waals surface area contributed by atoms with Gasteiger partial charge in [0.1, 0.15) is 18.1 Å². The molecule has 0 saturated heterocycles. The molecule has 0 bridgehead atoms. The summed E-state index contributed by atoms with van der Waals surface area (Å²) >= 11 is 0. The molecule has 13 nitrogen and oxygen atoms in total. The third-order valence-electron chi connectivity index (χ3n) is 4.03. The molecule has 0 saturated carbocycles. The number of primary amides is 1. The molecule has 4 unspecified atom stereocenters. The molecule has 0 fully saturated rings. The Morgan fingerprint density at radius 2 is 1.41 bits per heavy atom. The molecule has 0 aliphatic carbocycles. The molecule has 0 aromatic heterocycles. The van der Waals surface area contributed by atoms with E-state index >= 15 is 0 Å². The van der Waals surface area contributed by atoms with Crippen LogP contribution >= 0.6 is 0 Å². The van der Waals surface area contributed by atoms with Crippen LogP contribution in [-0.4, -0.2) is 70.5 Å². The van der Waals surface area contributed by atoms with Gasteiger partial charge in [0.15, 0.2) is 0 Å². The number of carboxylic acid groups (broad SMARTS) is 2. The largest absolute Gasteiger partial charge is 0.481 e. The molecule has 0 aromatic carbocycles. The zero-order chi connectivity index (χ0) is 22.7. The maximum Gasteiger partial charge on any atom is 0.326 e. The molecule has 0 radical (unpaired) electrons. The highest BCUT2D eigenvalue weighted by molar-refractivity contribution is 5.96. The first-order chi connectivity index (χ1) is 13.4. The molecule has 4 amide bonds. The first-order valence-electron chi connectivity index (χ1n) is 8.75. The summed E-state index contributed by atoms with van der Waals surface area (Å²) in [6.07, 6.45) is -1.06. The predicted octanol–water partition coefficient (Wildman–Crippen LogP) is -3.12. The zero-order valence-corrected chi connectivity index (χ0v) is 16.1. The molecule has 4 atom stereocenters. The Balaban J connectivity index is 5.47. The van der Waals surface area contributed by atoms with E-state index in [1.807, 2.05) is 0 Å². The van der Waals surface area contributed by atoms with Crippen LogP contribution < -0.4 is 27.4 Å². The van der Waals surface area contributed by atoms with Crippen molar-refractivity contribution in [2.75, 3.05) is 6.54 Å². The van der Waals surface area contributed by atoms with Gasteiger partial charge in [0.05, 0.1) is 19.4 Å². The van der Waals surface area contributed by atoms with E-state index in [9.17, 15) is 33.9 Å². The lowest BCUT2D eigenvalue weighted by atomic mass is 9.98. The lowest BCUT2D eigenvalue weighted by molar-refractivity contribution is -0.144. The maximum atomic E-state index is 12.5. The summed E-state index contributed by atoms with van der Waals surface area (Å²) in [6, 6.07) is -4.43. The van der Waals surface area contributed by atoms with E-state index in [1.165, 1.54) is 0 Å². The van der Waals surface area contributed by atoms with Crippen molar-refractivity contribution in [2.45, 2.75) is 51.2 Å². The van der Waals surface area contributed by atoms with Crippen LogP contribution in [0.15, 0.2) is 0 Å². The third kappa shape index (κ3) is 9.51. The van der Waals surface area contributed by atoms with E-state index in [4.69, 9.17) is 16.6 Å². The van der Waals surface area contributed by atoms with Gasteiger partial charge in [-0.05, 0) is 5.92 Å². The summed E-state index contributed by atoms with van der Waals surface area (Å²) in [7, 11) is 0. The molecule has 29 heavy (non-hydrogen) atoms. The first kappa shape index (κ1) is 25.8. The van der Waals surface area contributed by atoms with Crippen LogP contribution in [-0.2, 0) is 28.8 Å². The minimum Gasteiger partial charge on any atom is -0.481 e. The molecule has 0 aliphatic heterocycles. The van der Waals surface area contributed by atoms with Crippen molar-refractivity contribution in [3.05, 3.63) is 0 Å². The van der Waals surface area contributed by atoms with E-state index in [0.717, 1.165) is 0 Å². The number of rotatable bonds is 13. The summed E-state index contributed by atoms with van der Waals surface area (Å²) in [5, 5.41) is 24.6. The van der Waals surface area contributed by atoms with E-state index in [-0.39, 0.29) is 0 Å². The number of carbonyl (C=O) groups is 6. The summed E-state index contributed by atoms with van der Waals surface area (Å²) in [6.45, 7) is 2.79. The molecule has 0 aromatic rings. The second-order valence-corrected chi connectivity index (χ2v) is 6.36. The van der Waals surface area contributed by atoms with Crippen molar-refractivity contribution in [1.29, 1.82) is 0 Å². The van der Waals surface area contributed by atoms with Gasteiger partial charge in [-0.1, -0.05) is 20.3 Å². The van der Waals surface area contributed by atoms with Crippen molar-refractivity contribution in [2.24, 2.45) is 17.4 Å². The summed E-state index contributed by atoms with van der Waals surface area (Å²) in [5.41, 5.74) is 10.2. The van der Waals surface area contributed by atoms with Gasteiger partial charge in [-0.25, -0.2) is 4.79 Å². The summed E-state index contributed by atoms with van der Waals surface area (Å²) in [4.78, 5) is 69.8. The van der Waals surface area contributed by atoms with Crippen LogP contribution in [0, 0.1) is 5.92 Å². The number of amides is 4. The Hall–Kier alpha value is -3.22. The molecule has 0 spiro atoms. The van der Waals surface area contributed by atoms with Gasteiger partial charge in [0, 0.05) is 0 Å². The molecular formula is C16H27N5O8. The highest BCUT2D eigenvalue weighted by Gasteiger charge is 2.32. The fourth-order valence-electron chi connectivity index (χ4n) is 2.26. The molecule has 164 valence electrons. The Kier molecular flexibility index (Phi) is 10.9. The van der Waals surface area contributed by atoms with E-state index in [2.05, 4.69) is 16.0 Å². The average molecular weight is 417 g/mol. The second kappa shape index (κ2) is 12.3. The van der Waals surface area contributed by atoms with Crippen molar-refractivity contribution < 1.29 is 39.0 Å². The van der Waals surface area contributed by atoms with Crippen molar-refractivity contribution >= 4 is 35.6 Å². The first-order valence-corrected chi connectivity index (χ1v) is 8.75. The Morgan fingerprint density at radius 1 is 0.897 bits per heavy atom. The van der Waals surface area contributed by atoms with Crippen LogP contribution in [0.25, 0.3) is 0 Å². The molecule has 13 heteroatoms. The van der Waals surface area contributed by atoms with Gasteiger partial charge < -0.3 is 37.6 Å². The van der Waals surface area contributed by atoms with Gasteiger partial charge in [-0.3, -0.25) is 24.0 Å². The quantitative estimate of drug-likeness (QED) is 0.160. The number of carboxylic acids is 2.